The van der Waals surface area contributed by atoms with E-state index in [9.17, 15) is 9.59 Å². The summed E-state index contributed by atoms with van der Waals surface area (Å²) in [5, 5.41) is 4.75. The number of amides is 1. The van der Waals surface area contributed by atoms with E-state index in [1.807, 2.05) is 85.1 Å². The second kappa shape index (κ2) is 11.0. The molecule has 1 aliphatic rings. The van der Waals surface area contributed by atoms with E-state index in [1.54, 1.807) is 22.8 Å². The summed E-state index contributed by atoms with van der Waals surface area (Å²) in [6, 6.07) is 25.1. The van der Waals surface area contributed by atoms with Crippen molar-refractivity contribution in [3.8, 4) is 22.7 Å². The number of carbonyl (C=O) groups excluding carboxylic acids is 2. The average Bonchev–Trinajstić information content (AvgIpc) is 3.39. The highest BCUT2D eigenvalue weighted by Gasteiger charge is 2.22. The van der Waals surface area contributed by atoms with Crippen LogP contribution in [0.2, 0.25) is 0 Å². The van der Waals surface area contributed by atoms with Gasteiger partial charge >= 0.3 is 5.97 Å². The zero-order valence-corrected chi connectivity index (χ0v) is 20.5. The Hall–Kier alpha value is -4.65. The van der Waals surface area contributed by atoms with Gasteiger partial charge in [-0.05, 0) is 66.9 Å². The molecule has 0 bridgehead atoms. The molecule has 1 aromatic heterocycles. The lowest BCUT2D eigenvalue weighted by Gasteiger charge is -2.29. The molecule has 1 amide bonds. The van der Waals surface area contributed by atoms with Gasteiger partial charge in [0.2, 0.25) is 0 Å². The second-order valence-electron chi connectivity index (χ2n) is 8.66. The molecule has 0 aliphatic carbocycles. The van der Waals surface area contributed by atoms with Crippen LogP contribution in [0.3, 0.4) is 0 Å². The number of benzene rings is 3. The fraction of sp³-hybridized carbons (Fsp3) is 0.167. The summed E-state index contributed by atoms with van der Waals surface area (Å²) in [5.74, 6) is -0.0792. The Balaban J connectivity index is 1.32. The van der Waals surface area contributed by atoms with Crippen molar-refractivity contribution >= 4 is 23.6 Å². The van der Waals surface area contributed by atoms with Gasteiger partial charge in [-0.25, -0.2) is 9.48 Å². The van der Waals surface area contributed by atoms with Crippen LogP contribution in [0.25, 0.3) is 23.0 Å². The van der Waals surface area contributed by atoms with E-state index in [1.165, 1.54) is 6.08 Å². The first-order valence-corrected chi connectivity index (χ1v) is 12.1. The van der Waals surface area contributed by atoms with Gasteiger partial charge < -0.3 is 14.4 Å². The number of anilines is 1. The fourth-order valence-electron chi connectivity index (χ4n) is 4.40. The normalized spacial score (nSPS) is 12.8. The lowest BCUT2D eigenvalue weighted by Crippen LogP contribution is -2.38. The summed E-state index contributed by atoms with van der Waals surface area (Å²) in [6.07, 6.45) is 6.67. The molecule has 0 unspecified atom stereocenters. The molecule has 4 aromatic rings. The summed E-state index contributed by atoms with van der Waals surface area (Å²) < 4.78 is 12.3. The third-order valence-corrected chi connectivity index (χ3v) is 6.27. The van der Waals surface area contributed by atoms with E-state index >= 15 is 0 Å². The molecule has 37 heavy (non-hydrogen) atoms. The van der Waals surface area contributed by atoms with Crippen LogP contribution in [-0.4, -0.2) is 41.9 Å². The number of carbonyl (C=O) groups is 2. The first-order valence-electron chi connectivity index (χ1n) is 12.1. The maximum absolute atomic E-state index is 12.8. The van der Waals surface area contributed by atoms with Crippen LogP contribution in [0.1, 0.15) is 17.5 Å². The SMILES string of the molecule is COc1ccc(-c2nn(-c3ccccc3)cc2/C=C\C(=O)OCC(=O)N2CCCc3ccccc32)cc1. The highest BCUT2D eigenvalue weighted by atomic mass is 16.5. The van der Waals surface area contributed by atoms with Gasteiger partial charge in [-0.3, -0.25) is 4.79 Å². The predicted octanol–water partition coefficient (Wildman–Crippen LogP) is 5.08. The number of para-hydroxylation sites is 2. The number of hydrogen-bond acceptors (Lipinski definition) is 5. The quantitative estimate of drug-likeness (QED) is 0.265. The molecule has 2 heterocycles. The monoisotopic (exact) mass is 493 g/mol. The summed E-state index contributed by atoms with van der Waals surface area (Å²) >= 11 is 0. The van der Waals surface area contributed by atoms with Crippen LogP contribution < -0.4 is 9.64 Å². The van der Waals surface area contributed by atoms with Crippen molar-refractivity contribution < 1.29 is 19.1 Å². The molecular weight excluding hydrogens is 466 g/mol. The highest BCUT2D eigenvalue weighted by molar-refractivity contribution is 5.97. The minimum absolute atomic E-state index is 0.232. The molecule has 186 valence electrons. The Morgan fingerprint density at radius 1 is 0.973 bits per heavy atom. The van der Waals surface area contributed by atoms with E-state index in [0.717, 1.165) is 46.7 Å². The number of esters is 1. The molecule has 0 spiro atoms. The van der Waals surface area contributed by atoms with Crippen molar-refractivity contribution in [1.82, 2.24) is 9.78 Å². The molecule has 7 nitrogen and oxygen atoms in total. The molecule has 7 heteroatoms. The molecule has 0 saturated heterocycles. The van der Waals surface area contributed by atoms with E-state index in [2.05, 4.69) is 0 Å². The Labute approximate surface area is 215 Å². The topological polar surface area (TPSA) is 73.7 Å². The van der Waals surface area contributed by atoms with Gasteiger partial charge in [-0.1, -0.05) is 36.4 Å². The lowest BCUT2D eigenvalue weighted by atomic mass is 10.0. The molecular formula is C30H27N3O4. The first kappa shape index (κ1) is 24.1. The Morgan fingerprint density at radius 2 is 1.73 bits per heavy atom. The maximum atomic E-state index is 12.8. The Morgan fingerprint density at radius 3 is 2.51 bits per heavy atom. The van der Waals surface area contributed by atoms with Crippen molar-refractivity contribution in [2.75, 3.05) is 25.2 Å². The van der Waals surface area contributed by atoms with Crippen molar-refractivity contribution in [2.24, 2.45) is 0 Å². The van der Waals surface area contributed by atoms with Gasteiger partial charge in [0.15, 0.2) is 6.61 Å². The third-order valence-electron chi connectivity index (χ3n) is 6.27. The summed E-state index contributed by atoms with van der Waals surface area (Å²) in [4.78, 5) is 27.0. The maximum Gasteiger partial charge on any atom is 0.331 e. The van der Waals surface area contributed by atoms with Gasteiger partial charge in [-0.15, -0.1) is 0 Å². The Kier molecular flexibility index (Phi) is 7.12. The third kappa shape index (κ3) is 5.46. The van der Waals surface area contributed by atoms with Crippen molar-refractivity contribution in [3.63, 3.8) is 0 Å². The van der Waals surface area contributed by atoms with Gasteiger partial charge in [-0.2, -0.15) is 5.10 Å². The summed E-state index contributed by atoms with van der Waals surface area (Å²) in [6.45, 7) is 0.305. The van der Waals surface area contributed by atoms with E-state index in [-0.39, 0.29) is 12.5 Å². The smallest absolute Gasteiger partial charge is 0.331 e. The predicted molar refractivity (Wildman–Crippen MR) is 143 cm³/mol. The lowest BCUT2D eigenvalue weighted by molar-refractivity contribution is -0.142. The van der Waals surface area contributed by atoms with Crippen LogP contribution in [0.15, 0.2) is 91.1 Å². The number of hydrogen-bond donors (Lipinski definition) is 0. The fourth-order valence-corrected chi connectivity index (χ4v) is 4.40. The van der Waals surface area contributed by atoms with Gasteiger partial charge in [0.1, 0.15) is 5.75 Å². The summed E-state index contributed by atoms with van der Waals surface area (Å²) in [5.41, 5.74) is 5.24. The number of aromatic nitrogens is 2. The van der Waals surface area contributed by atoms with Crippen molar-refractivity contribution in [1.29, 1.82) is 0 Å². The van der Waals surface area contributed by atoms with Gasteiger partial charge in [0, 0.05) is 35.6 Å². The minimum atomic E-state index is -0.591. The van der Waals surface area contributed by atoms with E-state index in [0.29, 0.717) is 12.2 Å². The van der Waals surface area contributed by atoms with Crippen LogP contribution >= 0.6 is 0 Å². The van der Waals surface area contributed by atoms with Crippen molar-refractivity contribution in [2.45, 2.75) is 12.8 Å². The van der Waals surface area contributed by atoms with E-state index in [4.69, 9.17) is 14.6 Å². The number of nitrogens with zero attached hydrogens (tertiary/aromatic N) is 3. The zero-order chi connectivity index (χ0) is 25.6. The molecule has 1 aliphatic heterocycles. The molecule has 3 aromatic carbocycles. The van der Waals surface area contributed by atoms with Gasteiger partial charge in [0.05, 0.1) is 18.5 Å². The van der Waals surface area contributed by atoms with Crippen molar-refractivity contribution in [3.05, 3.63) is 102 Å². The van der Waals surface area contributed by atoms with Gasteiger partial charge in [0.25, 0.3) is 5.91 Å². The summed E-state index contributed by atoms with van der Waals surface area (Å²) in [7, 11) is 1.62. The molecule has 5 rings (SSSR count). The second-order valence-corrected chi connectivity index (χ2v) is 8.66. The molecule has 0 fully saturated rings. The number of methoxy groups -OCH3 is 1. The molecule has 0 atom stereocenters. The first-order chi connectivity index (χ1) is 18.1. The average molecular weight is 494 g/mol. The highest BCUT2D eigenvalue weighted by Crippen LogP contribution is 2.28. The molecule has 0 N–H and O–H groups in total. The standard InChI is InChI=1S/C30H27N3O4/c1-36-26-16-13-23(14-17-26)30-24(20-33(31-30)25-10-3-2-4-11-25)15-18-29(35)37-21-28(34)32-19-7-9-22-8-5-6-12-27(22)32/h2-6,8,10-18,20H,7,9,19,21H2,1H3/b18-15-. The molecule has 0 radical (unpaired) electrons. The number of rotatable bonds is 7. The largest absolute Gasteiger partial charge is 0.497 e. The number of ether oxygens (including phenoxy) is 2. The minimum Gasteiger partial charge on any atom is -0.497 e. The number of fused-ring (bicyclic) bond motifs is 1. The van der Waals surface area contributed by atoms with Crippen LogP contribution in [0, 0.1) is 0 Å². The van der Waals surface area contributed by atoms with Crippen LogP contribution in [-0.2, 0) is 20.7 Å². The van der Waals surface area contributed by atoms with Crippen LogP contribution in [0.4, 0.5) is 5.69 Å². The number of aryl methyl sites for hydroxylation is 1. The van der Waals surface area contributed by atoms with E-state index < -0.39 is 5.97 Å². The van der Waals surface area contributed by atoms with Crippen LogP contribution in [0.5, 0.6) is 5.75 Å². The molecule has 0 saturated carbocycles. The Bertz CT molecular complexity index is 1420. The zero-order valence-electron chi connectivity index (χ0n) is 20.5.